The Labute approximate surface area is 108 Å². The zero-order valence-corrected chi connectivity index (χ0v) is 11.1. The summed E-state index contributed by atoms with van der Waals surface area (Å²) in [6.07, 6.45) is 6.38. The molecule has 0 aromatic carbocycles. The van der Waals surface area contributed by atoms with E-state index in [4.69, 9.17) is 16.3 Å². The molecule has 0 aliphatic carbocycles. The predicted octanol–water partition coefficient (Wildman–Crippen LogP) is 2.42. The smallest absolute Gasteiger partial charge is 0.226 e. The summed E-state index contributed by atoms with van der Waals surface area (Å²) in [6, 6.07) is 0.259. The molecular weight excluding hydrogens is 238 g/mol. The van der Waals surface area contributed by atoms with Crippen molar-refractivity contribution in [3.05, 3.63) is 0 Å². The third kappa shape index (κ3) is 3.35. The van der Waals surface area contributed by atoms with Crippen molar-refractivity contribution in [1.29, 1.82) is 0 Å². The average molecular weight is 260 g/mol. The van der Waals surface area contributed by atoms with Crippen molar-refractivity contribution in [2.45, 2.75) is 44.6 Å². The Balaban J connectivity index is 1.98. The van der Waals surface area contributed by atoms with Crippen molar-refractivity contribution >= 4 is 17.5 Å². The predicted molar refractivity (Wildman–Crippen MR) is 68.2 cm³/mol. The number of hydrogen-bond acceptors (Lipinski definition) is 2. The minimum absolute atomic E-state index is 0.174. The van der Waals surface area contributed by atoms with Crippen LogP contribution in [-0.4, -0.2) is 42.5 Å². The Morgan fingerprint density at radius 2 is 1.94 bits per heavy atom. The molecule has 98 valence electrons. The molecule has 0 saturated carbocycles. The first-order chi connectivity index (χ1) is 8.33. The maximum atomic E-state index is 12.5. The summed E-state index contributed by atoms with van der Waals surface area (Å²) in [7, 11) is 0. The van der Waals surface area contributed by atoms with Crippen LogP contribution in [0.3, 0.4) is 0 Å². The van der Waals surface area contributed by atoms with Gasteiger partial charge in [0.2, 0.25) is 5.91 Å². The van der Waals surface area contributed by atoms with Crippen LogP contribution in [0.5, 0.6) is 0 Å². The van der Waals surface area contributed by atoms with Crippen LogP contribution in [0, 0.1) is 5.92 Å². The topological polar surface area (TPSA) is 29.5 Å². The minimum Gasteiger partial charge on any atom is -0.381 e. The van der Waals surface area contributed by atoms with Crippen LogP contribution in [0.1, 0.15) is 38.5 Å². The third-order valence-electron chi connectivity index (χ3n) is 3.91. The van der Waals surface area contributed by atoms with Crippen LogP contribution >= 0.6 is 11.6 Å². The van der Waals surface area contributed by atoms with E-state index in [1.165, 1.54) is 12.8 Å². The zero-order chi connectivity index (χ0) is 12.1. The molecule has 2 aliphatic heterocycles. The molecule has 2 fully saturated rings. The van der Waals surface area contributed by atoms with E-state index in [1.54, 1.807) is 0 Å². The largest absolute Gasteiger partial charge is 0.381 e. The van der Waals surface area contributed by atoms with Gasteiger partial charge in [-0.2, -0.15) is 0 Å². The highest BCUT2D eigenvalue weighted by Gasteiger charge is 2.31. The Hall–Kier alpha value is -0.280. The van der Waals surface area contributed by atoms with E-state index in [0.29, 0.717) is 11.8 Å². The van der Waals surface area contributed by atoms with Gasteiger partial charge in [-0.05, 0) is 25.7 Å². The van der Waals surface area contributed by atoms with E-state index in [2.05, 4.69) is 4.90 Å². The van der Waals surface area contributed by atoms with Crippen molar-refractivity contribution < 1.29 is 9.53 Å². The number of halogens is 1. The summed E-state index contributed by atoms with van der Waals surface area (Å²) < 4.78 is 5.32. The molecule has 0 N–H and O–H groups in total. The van der Waals surface area contributed by atoms with Gasteiger partial charge in [-0.3, -0.25) is 4.79 Å². The summed E-state index contributed by atoms with van der Waals surface area (Å²) in [6.45, 7) is 2.36. The number of alkyl halides is 1. The van der Waals surface area contributed by atoms with Crippen molar-refractivity contribution in [2.75, 3.05) is 25.6 Å². The number of carbonyl (C=O) groups is 1. The molecule has 2 saturated heterocycles. The standard InChI is InChI=1S/C13H22ClNO2/c14-10-12-4-2-1-3-7-15(12)13(16)11-5-8-17-9-6-11/h11-12H,1-10H2. The maximum Gasteiger partial charge on any atom is 0.226 e. The molecule has 3 nitrogen and oxygen atoms in total. The van der Waals surface area contributed by atoms with E-state index >= 15 is 0 Å². The van der Waals surface area contributed by atoms with Crippen LogP contribution < -0.4 is 0 Å². The highest BCUT2D eigenvalue weighted by molar-refractivity contribution is 6.18. The fraction of sp³-hybridized carbons (Fsp3) is 0.923. The Kier molecular flexibility index (Phi) is 5.11. The van der Waals surface area contributed by atoms with Crippen LogP contribution in [-0.2, 0) is 9.53 Å². The molecule has 2 heterocycles. The summed E-state index contributed by atoms with van der Waals surface area (Å²) in [5.74, 6) is 1.07. The molecule has 4 heteroatoms. The van der Waals surface area contributed by atoms with Crippen LogP contribution in [0.15, 0.2) is 0 Å². The first kappa shape index (κ1) is 13.2. The molecule has 2 aliphatic rings. The van der Waals surface area contributed by atoms with E-state index < -0.39 is 0 Å². The first-order valence-corrected chi connectivity index (χ1v) is 7.30. The summed E-state index contributed by atoms with van der Waals surface area (Å²) in [5, 5.41) is 0. The van der Waals surface area contributed by atoms with Gasteiger partial charge in [-0.25, -0.2) is 0 Å². The SMILES string of the molecule is O=C(C1CCOCC1)N1CCCCCC1CCl. The van der Waals surface area contributed by atoms with Gasteiger partial charge < -0.3 is 9.64 Å². The lowest BCUT2D eigenvalue weighted by molar-refractivity contribution is -0.140. The molecule has 2 rings (SSSR count). The number of likely N-dealkylation sites (tertiary alicyclic amines) is 1. The third-order valence-corrected chi connectivity index (χ3v) is 4.27. The molecule has 0 spiro atoms. The van der Waals surface area contributed by atoms with Crippen molar-refractivity contribution in [3.63, 3.8) is 0 Å². The van der Waals surface area contributed by atoms with Crippen molar-refractivity contribution in [3.8, 4) is 0 Å². The lowest BCUT2D eigenvalue weighted by atomic mass is 9.97. The van der Waals surface area contributed by atoms with Gasteiger partial charge in [0.05, 0.1) is 0 Å². The van der Waals surface area contributed by atoms with E-state index in [0.717, 1.165) is 45.4 Å². The molecule has 1 unspecified atom stereocenters. The quantitative estimate of drug-likeness (QED) is 0.713. The number of rotatable bonds is 2. The number of nitrogens with zero attached hydrogens (tertiary/aromatic N) is 1. The summed E-state index contributed by atoms with van der Waals surface area (Å²) >= 11 is 6.01. The van der Waals surface area contributed by atoms with Crippen molar-refractivity contribution in [1.82, 2.24) is 4.90 Å². The zero-order valence-electron chi connectivity index (χ0n) is 10.4. The molecule has 1 atom stereocenters. The molecule has 0 bridgehead atoms. The molecule has 0 aromatic rings. The van der Waals surface area contributed by atoms with Gasteiger partial charge in [-0.15, -0.1) is 11.6 Å². The number of hydrogen-bond donors (Lipinski definition) is 0. The monoisotopic (exact) mass is 259 g/mol. The van der Waals surface area contributed by atoms with Gasteiger partial charge in [0, 0.05) is 37.6 Å². The van der Waals surface area contributed by atoms with Gasteiger partial charge in [-0.1, -0.05) is 12.8 Å². The van der Waals surface area contributed by atoms with E-state index in [1.807, 2.05) is 0 Å². The lowest BCUT2D eigenvalue weighted by Gasteiger charge is -2.33. The Morgan fingerprint density at radius 3 is 2.65 bits per heavy atom. The fourth-order valence-corrected chi connectivity index (χ4v) is 3.13. The van der Waals surface area contributed by atoms with Gasteiger partial charge in [0.1, 0.15) is 0 Å². The minimum atomic E-state index is 0.174. The average Bonchev–Trinajstić information content (AvgIpc) is 2.64. The van der Waals surface area contributed by atoms with E-state index in [-0.39, 0.29) is 12.0 Å². The number of carbonyl (C=O) groups excluding carboxylic acids is 1. The van der Waals surface area contributed by atoms with Crippen molar-refractivity contribution in [2.24, 2.45) is 5.92 Å². The van der Waals surface area contributed by atoms with Gasteiger partial charge in [0.25, 0.3) is 0 Å². The van der Waals surface area contributed by atoms with Crippen LogP contribution in [0.25, 0.3) is 0 Å². The van der Waals surface area contributed by atoms with Gasteiger partial charge in [0.15, 0.2) is 0 Å². The summed E-state index contributed by atoms with van der Waals surface area (Å²) in [5.41, 5.74) is 0. The highest BCUT2D eigenvalue weighted by Crippen LogP contribution is 2.24. The van der Waals surface area contributed by atoms with Gasteiger partial charge >= 0.3 is 0 Å². The second-order valence-corrected chi connectivity index (χ2v) is 5.38. The van der Waals surface area contributed by atoms with Crippen LogP contribution in [0.4, 0.5) is 0 Å². The lowest BCUT2D eigenvalue weighted by Crippen LogP contribution is -2.45. The maximum absolute atomic E-state index is 12.5. The Morgan fingerprint density at radius 1 is 1.18 bits per heavy atom. The molecule has 1 amide bonds. The molecular formula is C13H22ClNO2. The second kappa shape index (κ2) is 6.60. The summed E-state index contributed by atoms with van der Waals surface area (Å²) in [4.78, 5) is 14.5. The number of ether oxygens (including phenoxy) is 1. The first-order valence-electron chi connectivity index (χ1n) is 6.77. The molecule has 17 heavy (non-hydrogen) atoms. The Bertz CT molecular complexity index is 254. The highest BCUT2D eigenvalue weighted by atomic mass is 35.5. The van der Waals surface area contributed by atoms with E-state index in [9.17, 15) is 4.79 Å². The second-order valence-electron chi connectivity index (χ2n) is 5.08. The number of amides is 1. The fourth-order valence-electron chi connectivity index (χ4n) is 2.81. The molecule has 0 aromatic heterocycles. The molecule has 0 radical (unpaired) electrons. The normalized spacial score (nSPS) is 27.8. The van der Waals surface area contributed by atoms with Crippen LogP contribution in [0.2, 0.25) is 0 Å².